The third kappa shape index (κ3) is 5.88. The van der Waals surface area contributed by atoms with Crippen molar-refractivity contribution in [3.8, 4) is 17.2 Å². The molecule has 1 heterocycles. The standard InChI is InChI=1S/C35H39NO3/c1-4-26(25(3)30(5-2)27-13-8-6-9-14-27)24-38-34-21-35(39-29-15-10-7-11-16-29)33(31-17-12-18-32(31)34)22-36-20-19-28(36)23-37/h4-11,13-16,21,28,37H,1,12,17-20,22-24H2,2-3H3/b26-25+,30-5+. The topological polar surface area (TPSA) is 41.9 Å². The third-order valence-electron chi connectivity index (χ3n) is 8.14. The number of fused-ring (bicyclic) bond motifs is 1. The van der Waals surface area contributed by atoms with E-state index in [4.69, 9.17) is 9.47 Å². The van der Waals surface area contributed by atoms with Crippen molar-refractivity contribution in [1.82, 2.24) is 4.90 Å². The van der Waals surface area contributed by atoms with Crippen LogP contribution in [0.3, 0.4) is 0 Å². The molecule has 1 fully saturated rings. The highest BCUT2D eigenvalue weighted by molar-refractivity contribution is 5.79. The Balaban J connectivity index is 1.47. The Morgan fingerprint density at radius 3 is 2.38 bits per heavy atom. The fourth-order valence-corrected chi connectivity index (χ4v) is 5.78. The van der Waals surface area contributed by atoms with Gasteiger partial charge in [-0.15, -0.1) is 0 Å². The highest BCUT2D eigenvalue weighted by atomic mass is 16.5. The zero-order valence-corrected chi connectivity index (χ0v) is 23.2. The van der Waals surface area contributed by atoms with Gasteiger partial charge in [0.2, 0.25) is 0 Å². The molecule has 0 amide bonds. The summed E-state index contributed by atoms with van der Waals surface area (Å²) in [6, 6.07) is 22.7. The summed E-state index contributed by atoms with van der Waals surface area (Å²) >= 11 is 0. The van der Waals surface area contributed by atoms with E-state index in [2.05, 4.69) is 61.7 Å². The van der Waals surface area contributed by atoms with E-state index in [1.807, 2.05) is 42.5 Å². The predicted molar refractivity (Wildman–Crippen MR) is 159 cm³/mol. The number of nitrogens with zero attached hydrogens (tertiary/aromatic N) is 1. The van der Waals surface area contributed by atoms with E-state index in [1.165, 1.54) is 33.4 Å². The molecule has 1 unspecified atom stereocenters. The Hall–Kier alpha value is -3.60. The summed E-state index contributed by atoms with van der Waals surface area (Å²) in [5.41, 5.74) is 8.49. The lowest BCUT2D eigenvalue weighted by molar-refractivity contribution is 0.0350. The van der Waals surface area contributed by atoms with E-state index < -0.39 is 0 Å². The van der Waals surface area contributed by atoms with Gasteiger partial charge in [0.15, 0.2) is 0 Å². The Morgan fingerprint density at radius 1 is 1.03 bits per heavy atom. The zero-order chi connectivity index (χ0) is 27.2. The number of aliphatic hydroxyl groups excluding tert-OH is 1. The number of benzene rings is 3. The number of para-hydroxylation sites is 1. The molecule has 1 saturated heterocycles. The molecule has 202 valence electrons. The first kappa shape index (κ1) is 27.0. The van der Waals surface area contributed by atoms with Crippen molar-refractivity contribution in [2.45, 2.75) is 52.1 Å². The van der Waals surface area contributed by atoms with Crippen LogP contribution in [0, 0.1) is 0 Å². The number of aliphatic hydroxyl groups is 1. The van der Waals surface area contributed by atoms with Gasteiger partial charge in [-0.2, -0.15) is 0 Å². The number of likely N-dealkylation sites (tertiary alicyclic amines) is 1. The van der Waals surface area contributed by atoms with Crippen LogP contribution in [0.2, 0.25) is 0 Å². The minimum Gasteiger partial charge on any atom is -0.488 e. The zero-order valence-electron chi connectivity index (χ0n) is 23.2. The maximum absolute atomic E-state index is 9.79. The Labute approximate surface area is 232 Å². The molecule has 0 aromatic heterocycles. The summed E-state index contributed by atoms with van der Waals surface area (Å²) in [6.07, 6.45) is 8.24. The lowest BCUT2D eigenvalue weighted by Gasteiger charge is -2.40. The van der Waals surface area contributed by atoms with Gasteiger partial charge in [-0.25, -0.2) is 0 Å². The van der Waals surface area contributed by atoms with Crippen molar-refractivity contribution in [1.29, 1.82) is 0 Å². The van der Waals surface area contributed by atoms with Gasteiger partial charge in [-0.1, -0.05) is 67.3 Å². The summed E-state index contributed by atoms with van der Waals surface area (Å²) in [4.78, 5) is 2.36. The van der Waals surface area contributed by atoms with E-state index in [9.17, 15) is 5.11 Å². The predicted octanol–water partition coefficient (Wildman–Crippen LogP) is 7.52. The van der Waals surface area contributed by atoms with Crippen LogP contribution >= 0.6 is 0 Å². The number of hydrogen-bond acceptors (Lipinski definition) is 4. The molecule has 1 aliphatic heterocycles. The molecule has 1 aliphatic carbocycles. The molecule has 0 bridgehead atoms. The van der Waals surface area contributed by atoms with Gasteiger partial charge in [0.1, 0.15) is 23.9 Å². The maximum Gasteiger partial charge on any atom is 0.135 e. The molecule has 3 aromatic carbocycles. The Kier molecular flexibility index (Phi) is 8.65. The molecule has 39 heavy (non-hydrogen) atoms. The second-order valence-electron chi connectivity index (χ2n) is 10.4. The molecule has 1 N–H and O–H groups in total. The van der Waals surface area contributed by atoms with Gasteiger partial charge in [0, 0.05) is 30.8 Å². The molecular weight excluding hydrogens is 482 g/mol. The monoisotopic (exact) mass is 521 g/mol. The van der Waals surface area contributed by atoms with Crippen molar-refractivity contribution in [3.05, 3.63) is 119 Å². The van der Waals surface area contributed by atoms with Gasteiger partial charge >= 0.3 is 0 Å². The molecular formula is C35H39NO3. The van der Waals surface area contributed by atoms with Crippen molar-refractivity contribution < 1.29 is 14.6 Å². The van der Waals surface area contributed by atoms with Gasteiger partial charge in [0.05, 0.1) is 6.61 Å². The minimum atomic E-state index is 0.200. The second kappa shape index (κ2) is 12.5. The average molecular weight is 522 g/mol. The molecule has 5 rings (SSSR count). The van der Waals surface area contributed by atoms with Gasteiger partial charge in [0.25, 0.3) is 0 Å². The number of hydrogen-bond donors (Lipinski definition) is 1. The van der Waals surface area contributed by atoms with Gasteiger partial charge in [-0.05, 0) is 85.1 Å². The lowest BCUT2D eigenvalue weighted by Crippen LogP contribution is -2.49. The third-order valence-corrected chi connectivity index (χ3v) is 8.14. The summed E-state index contributed by atoms with van der Waals surface area (Å²) in [5.74, 6) is 2.56. The van der Waals surface area contributed by atoms with Crippen molar-refractivity contribution in [3.63, 3.8) is 0 Å². The Morgan fingerprint density at radius 2 is 1.74 bits per heavy atom. The largest absolute Gasteiger partial charge is 0.488 e. The summed E-state index contributed by atoms with van der Waals surface area (Å²) in [7, 11) is 0. The van der Waals surface area contributed by atoms with Gasteiger partial charge < -0.3 is 14.6 Å². The van der Waals surface area contributed by atoms with Crippen LogP contribution in [0.1, 0.15) is 48.9 Å². The van der Waals surface area contributed by atoms with Crippen molar-refractivity contribution in [2.75, 3.05) is 19.8 Å². The van der Waals surface area contributed by atoms with E-state index in [1.54, 1.807) is 0 Å². The first-order valence-electron chi connectivity index (χ1n) is 14.1. The molecule has 0 saturated carbocycles. The molecule has 0 radical (unpaired) electrons. The summed E-state index contributed by atoms with van der Waals surface area (Å²) in [6.45, 7) is 10.8. The number of ether oxygens (including phenoxy) is 2. The molecule has 1 atom stereocenters. The number of allylic oxidation sites excluding steroid dienone is 3. The van der Waals surface area contributed by atoms with Crippen LogP contribution in [-0.2, 0) is 19.4 Å². The molecule has 0 spiro atoms. The summed E-state index contributed by atoms with van der Waals surface area (Å²) < 4.78 is 13.1. The fourth-order valence-electron chi connectivity index (χ4n) is 5.78. The molecule has 4 nitrogen and oxygen atoms in total. The fraction of sp³-hybridized carbons (Fsp3) is 0.314. The van der Waals surface area contributed by atoms with E-state index in [0.29, 0.717) is 6.61 Å². The SMILES string of the molecule is C=C/C(COc1cc(Oc2ccccc2)c(CN2CCC2CO)c2c1CCC2)=C(C)\C(=C/C)c1ccccc1. The lowest BCUT2D eigenvalue weighted by atomic mass is 9.95. The molecule has 2 aliphatic rings. The van der Waals surface area contributed by atoms with Gasteiger partial charge in [-0.3, -0.25) is 4.90 Å². The highest BCUT2D eigenvalue weighted by Gasteiger charge is 2.31. The minimum absolute atomic E-state index is 0.200. The number of rotatable bonds is 11. The average Bonchev–Trinajstić information content (AvgIpc) is 3.44. The Bertz CT molecular complexity index is 1360. The van der Waals surface area contributed by atoms with Crippen LogP contribution in [0.25, 0.3) is 5.57 Å². The maximum atomic E-state index is 9.79. The van der Waals surface area contributed by atoms with Crippen LogP contribution < -0.4 is 9.47 Å². The summed E-state index contributed by atoms with van der Waals surface area (Å²) in [5, 5.41) is 9.79. The smallest absolute Gasteiger partial charge is 0.135 e. The van der Waals surface area contributed by atoms with E-state index >= 15 is 0 Å². The molecule has 3 aromatic rings. The van der Waals surface area contributed by atoms with E-state index in [-0.39, 0.29) is 12.6 Å². The first-order chi connectivity index (χ1) is 19.1. The highest BCUT2D eigenvalue weighted by Crippen LogP contribution is 2.42. The first-order valence-corrected chi connectivity index (χ1v) is 14.1. The van der Waals surface area contributed by atoms with Crippen LogP contribution in [0.15, 0.2) is 96.6 Å². The van der Waals surface area contributed by atoms with Crippen molar-refractivity contribution >= 4 is 5.57 Å². The molecule has 4 heteroatoms. The van der Waals surface area contributed by atoms with Crippen LogP contribution in [-0.4, -0.2) is 35.8 Å². The van der Waals surface area contributed by atoms with Crippen LogP contribution in [0.5, 0.6) is 17.2 Å². The second-order valence-corrected chi connectivity index (χ2v) is 10.4. The van der Waals surface area contributed by atoms with E-state index in [0.717, 1.165) is 61.6 Å². The quantitative estimate of drug-likeness (QED) is 0.265. The van der Waals surface area contributed by atoms with Crippen LogP contribution in [0.4, 0.5) is 0 Å². The normalized spacial score (nSPS) is 17.7. The van der Waals surface area contributed by atoms with Crippen molar-refractivity contribution in [2.24, 2.45) is 0 Å².